The SMILES string of the molecule is CCCCCCCCC1SC2=C(SC(=C3SC4=C(SCCS4)S3)S2)S1. The quantitative estimate of drug-likeness (QED) is 0.325. The predicted octanol–water partition coefficient (Wildman–Crippen LogP) is 9.36. The van der Waals surface area contributed by atoms with Gasteiger partial charge in [0.2, 0.25) is 0 Å². The van der Waals surface area contributed by atoms with Crippen LogP contribution in [0, 0.1) is 0 Å². The summed E-state index contributed by atoms with van der Waals surface area (Å²) in [7, 11) is 0. The normalized spacial score (nSPS) is 23.9. The summed E-state index contributed by atoms with van der Waals surface area (Å²) in [5.74, 6) is 2.56. The lowest BCUT2D eigenvalue weighted by molar-refractivity contribution is 0.600. The minimum absolute atomic E-state index is 0.782. The van der Waals surface area contributed by atoms with Crippen molar-refractivity contribution in [3.63, 3.8) is 0 Å². The molecule has 0 nitrogen and oxygen atoms in total. The van der Waals surface area contributed by atoms with Gasteiger partial charge in [0.1, 0.15) is 0 Å². The summed E-state index contributed by atoms with van der Waals surface area (Å²) in [6.07, 6.45) is 9.86. The Labute approximate surface area is 185 Å². The smallest absolute Gasteiger partial charge is 0.0717 e. The molecule has 138 valence electrons. The van der Waals surface area contributed by atoms with Crippen LogP contribution in [0.4, 0.5) is 0 Å². The lowest BCUT2D eigenvalue weighted by atomic mass is 10.1. The first-order valence-corrected chi connectivity index (χ1v) is 15.9. The summed E-state index contributed by atoms with van der Waals surface area (Å²) in [4.78, 5) is 0. The number of unbranched alkanes of at least 4 members (excludes halogenated alkanes) is 5. The van der Waals surface area contributed by atoms with E-state index in [0.717, 1.165) is 4.58 Å². The van der Waals surface area contributed by atoms with Crippen molar-refractivity contribution in [2.24, 2.45) is 0 Å². The summed E-state index contributed by atoms with van der Waals surface area (Å²) < 4.78 is 10.2. The Morgan fingerprint density at radius 2 is 1.16 bits per heavy atom. The van der Waals surface area contributed by atoms with Gasteiger partial charge in [0, 0.05) is 11.5 Å². The van der Waals surface area contributed by atoms with E-state index in [0.29, 0.717) is 0 Å². The van der Waals surface area contributed by atoms with Gasteiger partial charge in [0.25, 0.3) is 0 Å². The zero-order valence-electron chi connectivity index (χ0n) is 14.2. The van der Waals surface area contributed by atoms with Gasteiger partial charge in [-0.3, -0.25) is 0 Å². The van der Waals surface area contributed by atoms with Crippen LogP contribution in [0.25, 0.3) is 0 Å². The van der Waals surface area contributed by atoms with Crippen LogP contribution in [0.3, 0.4) is 0 Å². The summed E-state index contributed by atoms with van der Waals surface area (Å²) in [6.45, 7) is 2.30. The lowest BCUT2D eigenvalue weighted by Gasteiger charge is -2.11. The zero-order chi connectivity index (χ0) is 17.1. The second-order valence-corrected chi connectivity index (χ2v) is 16.6. The first-order valence-electron chi connectivity index (χ1n) is 8.86. The molecule has 0 atom stereocenters. The number of hydrogen-bond donors (Lipinski definition) is 0. The fourth-order valence-electron chi connectivity index (χ4n) is 2.77. The molecule has 0 N–H and O–H groups in total. The Hall–Kier alpha value is 2.02. The molecule has 0 aromatic heterocycles. The molecule has 0 radical (unpaired) electrons. The Bertz CT molecular complexity index is 566. The van der Waals surface area contributed by atoms with Crippen LogP contribution in [-0.2, 0) is 0 Å². The molecule has 0 amide bonds. The van der Waals surface area contributed by atoms with Gasteiger partial charge >= 0.3 is 0 Å². The highest BCUT2D eigenvalue weighted by Crippen LogP contribution is 2.70. The van der Waals surface area contributed by atoms with Crippen molar-refractivity contribution in [1.82, 2.24) is 0 Å². The lowest BCUT2D eigenvalue weighted by Crippen LogP contribution is -1.93. The molecule has 0 unspecified atom stereocenters. The van der Waals surface area contributed by atoms with Gasteiger partial charge < -0.3 is 0 Å². The van der Waals surface area contributed by atoms with E-state index in [2.05, 4.69) is 77.5 Å². The van der Waals surface area contributed by atoms with Crippen molar-refractivity contribution in [2.75, 3.05) is 11.5 Å². The van der Waals surface area contributed by atoms with E-state index in [4.69, 9.17) is 0 Å². The maximum atomic E-state index is 2.30. The molecule has 0 aromatic carbocycles. The van der Waals surface area contributed by atoms with Crippen LogP contribution in [0.1, 0.15) is 51.9 Å². The summed E-state index contributed by atoms with van der Waals surface area (Å²) >= 11 is 16.6. The van der Waals surface area contributed by atoms with Crippen LogP contribution in [0.5, 0.6) is 0 Å². The van der Waals surface area contributed by atoms with Crippen molar-refractivity contribution in [2.45, 2.75) is 56.5 Å². The Balaban J connectivity index is 1.20. The minimum Gasteiger partial charge on any atom is -0.116 e. The number of hydrogen-bond acceptors (Lipinski definition) is 8. The Morgan fingerprint density at radius 3 is 1.76 bits per heavy atom. The first-order chi connectivity index (χ1) is 12.3. The molecule has 0 aliphatic carbocycles. The third-order valence-electron chi connectivity index (χ3n) is 4.06. The second kappa shape index (κ2) is 10.2. The third kappa shape index (κ3) is 5.34. The van der Waals surface area contributed by atoms with E-state index in [9.17, 15) is 0 Å². The molecule has 4 heterocycles. The number of thioether (sulfide) groups is 8. The summed E-state index contributed by atoms with van der Waals surface area (Å²) in [6, 6.07) is 0. The molecule has 8 heteroatoms. The van der Waals surface area contributed by atoms with Gasteiger partial charge in [-0.1, -0.05) is 92.5 Å². The fraction of sp³-hybridized carbons (Fsp3) is 0.647. The van der Waals surface area contributed by atoms with Gasteiger partial charge in [-0.2, -0.15) is 0 Å². The fourth-order valence-corrected chi connectivity index (χ4v) is 16.1. The second-order valence-electron chi connectivity index (χ2n) is 6.05. The largest absolute Gasteiger partial charge is 0.116 e. The molecule has 4 aliphatic rings. The van der Waals surface area contributed by atoms with Crippen molar-refractivity contribution < 1.29 is 0 Å². The average Bonchev–Trinajstić information content (AvgIpc) is 3.29. The highest BCUT2D eigenvalue weighted by molar-refractivity contribution is 8.48. The summed E-state index contributed by atoms with van der Waals surface area (Å²) in [5, 5.41) is 0. The summed E-state index contributed by atoms with van der Waals surface area (Å²) in [5.41, 5.74) is 0. The van der Waals surface area contributed by atoms with E-state index in [1.807, 2.05) is 23.5 Å². The molecule has 4 rings (SSSR count). The first kappa shape index (κ1) is 20.3. The molecule has 0 fully saturated rings. The Kier molecular flexibility index (Phi) is 8.26. The van der Waals surface area contributed by atoms with Gasteiger partial charge in [0.05, 0.1) is 30.0 Å². The van der Waals surface area contributed by atoms with Crippen LogP contribution in [-0.4, -0.2) is 16.1 Å². The van der Waals surface area contributed by atoms with Crippen LogP contribution >= 0.6 is 94.1 Å². The molecule has 0 spiro atoms. The molecular formula is C17H22S8. The molecular weight excluding hydrogens is 461 g/mol. The minimum atomic E-state index is 0.782. The van der Waals surface area contributed by atoms with Crippen molar-refractivity contribution in [3.05, 3.63) is 25.4 Å². The molecule has 0 saturated carbocycles. The van der Waals surface area contributed by atoms with Gasteiger partial charge in [-0.15, -0.1) is 47.0 Å². The topological polar surface area (TPSA) is 0 Å². The maximum absolute atomic E-state index is 2.30. The highest BCUT2D eigenvalue weighted by atomic mass is 32.3. The monoisotopic (exact) mass is 482 g/mol. The zero-order valence-corrected chi connectivity index (χ0v) is 20.7. The van der Waals surface area contributed by atoms with Crippen molar-refractivity contribution in [1.29, 1.82) is 0 Å². The predicted molar refractivity (Wildman–Crippen MR) is 133 cm³/mol. The number of rotatable bonds is 7. The molecule has 0 bridgehead atoms. The standard InChI is InChI=1S/C17H22S8/c1-2-3-4-5-6-7-8-11-20-14-15(21-11)25-17(24-14)16-22-12-13(23-16)19-10-9-18-12/h11H,2-10H2,1H3. The molecule has 0 aromatic rings. The van der Waals surface area contributed by atoms with Crippen molar-refractivity contribution >= 4 is 94.1 Å². The third-order valence-corrected chi connectivity index (χ3v) is 16.4. The van der Waals surface area contributed by atoms with E-state index < -0.39 is 0 Å². The van der Waals surface area contributed by atoms with Crippen molar-refractivity contribution in [3.8, 4) is 0 Å². The molecule has 0 saturated heterocycles. The molecule has 25 heavy (non-hydrogen) atoms. The highest BCUT2D eigenvalue weighted by Gasteiger charge is 2.36. The average molecular weight is 483 g/mol. The van der Waals surface area contributed by atoms with Crippen LogP contribution in [0.2, 0.25) is 0 Å². The van der Waals surface area contributed by atoms with E-state index in [-0.39, 0.29) is 0 Å². The van der Waals surface area contributed by atoms with E-state index in [1.165, 1.54) is 56.5 Å². The van der Waals surface area contributed by atoms with E-state index in [1.54, 1.807) is 25.4 Å². The van der Waals surface area contributed by atoms with Gasteiger partial charge in [-0.05, 0) is 6.42 Å². The van der Waals surface area contributed by atoms with Crippen LogP contribution < -0.4 is 0 Å². The van der Waals surface area contributed by atoms with E-state index >= 15 is 0 Å². The van der Waals surface area contributed by atoms with Crippen LogP contribution in [0.15, 0.2) is 25.4 Å². The maximum Gasteiger partial charge on any atom is 0.0717 e. The van der Waals surface area contributed by atoms with Gasteiger partial charge in [-0.25, -0.2) is 0 Å². The molecule has 4 aliphatic heterocycles. The van der Waals surface area contributed by atoms with Gasteiger partial charge in [0.15, 0.2) is 0 Å². The Morgan fingerprint density at radius 1 is 0.640 bits per heavy atom.